The van der Waals surface area contributed by atoms with E-state index in [4.69, 9.17) is 11.6 Å². The number of hydrogen-bond donors (Lipinski definition) is 2. The van der Waals surface area contributed by atoms with E-state index in [0.29, 0.717) is 5.02 Å². The lowest BCUT2D eigenvalue weighted by Gasteiger charge is -2.13. The molecule has 0 bridgehead atoms. The summed E-state index contributed by atoms with van der Waals surface area (Å²) in [7, 11) is 0. The summed E-state index contributed by atoms with van der Waals surface area (Å²) in [4.78, 5) is 8.46. The molecule has 0 saturated carbocycles. The normalized spacial score (nSPS) is 10.5. The van der Waals surface area contributed by atoms with Crippen molar-refractivity contribution in [1.29, 1.82) is 0 Å². The molecule has 112 valence electrons. The van der Waals surface area contributed by atoms with Gasteiger partial charge in [-0.1, -0.05) is 31.0 Å². The molecule has 1 heterocycles. The van der Waals surface area contributed by atoms with Crippen molar-refractivity contribution in [3.05, 3.63) is 40.7 Å². The van der Waals surface area contributed by atoms with Gasteiger partial charge in [0.25, 0.3) is 0 Å². The fourth-order valence-corrected chi connectivity index (χ4v) is 2.49. The zero-order valence-electron chi connectivity index (χ0n) is 12.7. The number of nitrogens with one attached hydrogen (secondary N) is 2. The molecule has 2 aromatic rings. The number of rotatable bonds is 6. The van der Waals surface area contributed by atoms with Gasteiger partial charge in [-0.05, 0) is 37.5 Å². The van der Waals surface area contributed by atoms with Crippen LogP contribution in [0.2, 0.25) is 5.02 Å². The third kappa shape index (κ3) is 4.33. The highest BCUT2D eigenvalue weighted by Crippen LogP contribution is 2.29. The quantitative estimate of drug-likeness (QED) is 0.759. The molecule has 0 fully saturated rings. The van der Waals surface area contributed by atoms with Crippen molar-refractivity contribution in [3.8, 4) is 0 Å². The number of aryl methyl sites for hydroxylation is 2. The SMILES string of the molecule is CCCCNc1cc(Nc2c(C)cc(C)cc2Cl)ncn1. The number of halogens is 1. The van der Waals surface area contributed by atoms with E-state index in [2.05, 4.69) is 33.6 Å². The standard InChI is InChI=1S/C16H21ClN4/c1-4-5-6-18-14-9-15(20-10-19-14)21-16-12(3)7-11(2)8-13(16)17/h7-10H,4-6H2,1-3H3,(H2,18,19,20,21). The highest BCUT2D eigenvalue weighted by atomic mass is 35.5. The molecule has 1 aromatic carbocycles. The highest BCUT2D eigenvalue weighted by Gasteiger charge is 2.07. The molecule has 21 heavy (non-hydrogen) atoms. The van der Waals surface area contributed by atoms with E-state index in [0.717, 1.165) is 47.8 Å². The monoisotopic (exact) mass is 304 g/mol. The lowest BCUT2D eigenvalue weighted by atomic mass is 10.1. The lowest BCUT2D eigenvalue weighted by molar-refractivity contribution is 0.830. The van der Waals surface area contributed by atoms with Crippen molar-refractivity contribution < 1.29 is 0 Å². The second-order valence-corrected chi connectivity index (χ2v) is 5.54. The zero-order chi connectivity index (χ0) is 15.2. The fourth-order valence-electron chi connectivity index (χ4n) is 2.12. The topological polar surface area (TPSA) is 49.8 Å². The molecule has 0 aliphatic heterocycles. The Hall–Kier alpha value is -1.81. The van der Waals surface area contributed by atoms with Gasteiger partial charge in [0.15, 0.2) is 0 Å². The van der Waals surface area contributed by atoms with Gasteiger partial charge in [-0.25, -0.2) is 9.97 Å². The van der Waals surface area contributed by atoms with Gasteiger partial charge in [0.2, 0.25) is 0 Å². The molecule has 0 spiro atoms. The Balaban J connectivity index is 2.15. The van der Waals surface area contributed by atoms with Crippen LogP contribution in [-0.4, -0.2) is 16.5 Å². The molecule has 2 rings (SSSR count). The molecular formula is C16H21ClN4. The van der Waals surface area contributed by atoms with Crippen molar-refractivity contribution in [2.75, 3.05) is 17.2 Å². The number of benzene rings is 1. The van der Waals surface area contributed by atoms with Crippen LogP contribution < -0.4 is 10.6 Å². The van der Waals surface area contributed by atoms with Crippen molar-refractivity contribution in [3.63, 3.8) is 0 Å². The minimum absolute atomic E-state index is 0.701. The van der Waals surface area contributed by atoms with Crippen LogP contribution in [0.4, 0.5) is 17.3 Å². The third-order valence-corrected chi connectivity index (χ3v) is 3.49. The fraction of sp³-hybridized carbons (Fsp3) is 0.375. The van der Waals surface area contributed by atoms with Gasteiger partial charge in [0.1, 0.15) is 18.0 Å². The Morgan fingerprint density at radius 3 is 2.57 bits per heavy atom. The maximum Gasteiger partial charge on any atom is 0.135 e. The van der Waals surface area contributed by atoms with E-state index >= 15 is 0 Å². The Morgan fingerprint density at radius 1 is 1.10 bits per heavy atom. The van der Waals surface area contributed by atoms with Crippen molar-refractivity contribution >= 4 is 28.9 Å². The number of unbranched alkanes of at least 4 members (excludes halogenated alkanes) is 1. The first-order chi connectivity index (χ1) is 10.1. The van der Waals surface area contributed by atoms with Gasteiger partial charge in [-0.2, -0.15) is 0 Å². The van der Waals surface area contributed by atoms with E-state index in [1.165, 1.54) is 0 Å². The summed E-state index contributed by atoms with van der Waals surface area (Å²) in [5, 5.41) is 7.26. The summed E-state index contributed by atoms with van der Waals surface area (Å²) in [6.45, 7) is 7.14. The molecule has 0 saturated heterocycles. The predicted molar refractivity (Wildman–Crippen MR) is 89.6 cm³/mol. The molecule has 4 nitrogen and oxygen atoms in total. The largest absolute Gasteiger partial charge is 0.370 e. The molecule has 0 aliphatic rings. The minimum atomic E-state index is 0.701. The summed E-state index contributed by atoms with van der Waals surface area (Å²) < 4.78 is 0. The van der Waals surface area contributed by atoms with Crippen LogP contribution in [-0.2, 0) is 0 Å². The third-order valence-electron chi connectivity index (χ3n) is 3.19. The molecule has 0 atom stereocenters. The minimum Gasteiger partial charge on any atom is -0.370 e. The second-order valence-electron chi connectivity index (χ2n) is 5.13. The number of anilines is 3. The molecule has 2 N–H and O–H groups in total. The van der Waals surface area contributed by atoms with Gasteiger partial charge >= 0.3 is 0 Å². The van der Waals surface area contributed by atoms with Gasteiger partial charge in [0, 0.05) is 12.6 Å². The molecular weight excluding hydrogens is 284 g/mol. The van der Waals surface area contributed by atoms with Crippen LogP contribution in [0, 0.1) is 13.8 Å². The molecule has 0 aliphatic carbocycles. The van der Waals surface area contributed by atoms with Gasteiger partial charge < -0.3 is 10.6 Å². The lowest BCUT2D eigenvalue weighted by Crippen LogP contribution is -2.04. The van der Waals surface area contributed by atoms with E-state index in [-0.39, 0.29) is 0 Å². The number of hydrogen-bond acceptors (Lipinski definition) is 4. The first-order valence-corrected chi connectivity index (χ1v) is 7.57. The molecule has 5 heteroatoms. The Morgan fingerprint density at radius 2 is 1.86 bits per heavy atom. The van der Waals surface area contributed by atoms with Crippen LogP contribution in [0.25, 0.3) is 0 Å². The predicted octanol–water partition coefficient (Wildman–Crippen LogP) is 4.70. The van der Waals surface area contributed by atoms with Gasteiger partial charge in [0.05, 0.1) is 10.7 Å². The summed E-state index contributed by atoms with van der Waals surface area (Å²) in [6, 6.07) is 5.93. The smallest absolute Gasteiger partial charge is 0.135 e. The Kier molecular flexibility index (Phi) is 5.39. The summed E-state index contributed by atoms with van der Waals surface area (Å²) in [5.74, 6) is 1.56. The van der Waals surface area contributed by atoms with Crippen LogP contribution in [0.15, 0.2) is 24.5 Å². The van der Waals surface area contributed by atoms with E-state index in [1.807, 2.05) is 26.0 Å². The van der Waals surface area contributed by atoms with Crippen molar-refractivity contribution in [2.24, 2.45) is 0 Å². The maximum atomic E-state index is 6.31. The Bertz CT molecular complexity index is 590. The highest BCUT2D eigenvalue weighted by molar-refractivity contribution is 6.33. The average Bonchev–Trinajstić information content (AvgIpc) is 2.44. The van der Waals surface area contributed by atoms with Crippen LogP contribution in [0.3, 0.4) is 0 Å². The summed E-state index contributed by atoms with van der Waals surface area (Å²) in [6.07, 6.45) is 3.82. The number of nitrogens with zero attached hydrogens (tertiary/aromatic N) is 2. The van der Waals surface area contributed by atoms with Crippen molar-refractivity contribution in [2.45, 2.75) is 33.6 Å². The molecule has 0 radical (unpaired) electrons. The second kappa shape index (κ2) is 7.27. The first kappa shape index (κ1) is 15.6. The van der Waals surface area contributed by atoms with Crippen LogP contribution >= 0.6 is 11.6 Å². The van der Waals surface area contributed by atoms with Crippen LogP contribution in [0.5, 0.6) is 0 Å². The Labute approximate surface area is 131 Å². The summed E-state index contributed by atoms with van der Waals surface area (Å²) >= 11 is 6.31. The maximum absolute atomic E-state index is 6.31. The summed E-state index contributed by atoms with van der Waals surface area (Å²) in [5.41, 5.74) is 3.13. The van der Waals surface area contributed by atoms with Gasteiger partial charge in [-0.3, -0.25) is 0 Å². The molecule has 1 aromatic heterocycles. The molecule has 0 amide bonds. The zero-order valence-corrected chi connectivity index (χ0v) is 13.5. The van der Waals surface area contributed by atoms with Crippen molar-refractivity contribution in [1.82, 2.24) is 9.97 Å². The van der Waals surface area contributed by atoms with E-state index < -0.39 is 0 Å². The average molecular weight is 305 g/mol. The number of aromatic nitrogens is 2. The van der Waals surface area contributed by atoms with Crippen LogP contribution in [0.1, 0.15) is 30.9 Å². The van der Waals surface area contributed by atoms with E-state index in [1.54, 1.807) is 6.33 Å². The van der Waals surface area contributed by atoms with Gasteiger partial charge in [-0.15, -0.1) is 0 Å². The molecule has 0 unspecified atom stereocenters. The van der Waals surface area contributed by atoms with E-state index in [9.17, 15) is 0 Å². The first-order valence-electron chi connectivity index (χ1n) is 7.20.